The lowest BCUT2D eigenvalue weighted by molar-refractivity contribution is -0.127. The third-order valence-corrected chi connectivity index (χ3v) is 2.93. The number of guanidine groups is 1. The van der Waals surface area contributed by atoms with Crippen LogP contribution in [-0.4, -0.2) is 64.2 Å². The van der Waals surface area contributed by atoms with E-state index < -0.39 is 0 Å². The number of hydrogen-bond donors (Lipinski definition) is 2. The first kappa shape index (κ1) is 21.7. The Morgan fingerprint density at radius 3 is 2.70 bits per heavy atom. The number of halogens is 1. The standard InChI is InChI=1S/C15H26N4O3.HI/c1-19(2)14(20)12-18-15(16-8-5-10-21-3)17-9-7-13-6-4-11-22-13;/h4,6,11H,5,7-10,12H2,1-3H3,(H2,16,17,18);1H. The summed E-state index contributed by atoms with van der Waals surface area (Å²) in [5.74, 6) is 1.50. The van der Waals surface area contributed by atoms with Gasteiger partial charge in [0.2, 0.25) is 5.91 Å². The molecule has 7 nitrogen and oxygen atoms in total. The highest BCUT2D eigenvalue weighted by Gasteiger charge is 2.04. The number of rotatable bonds is 9. The largest absolute Gasteiger partial charge is 0.469 e. The van der Waals surface area contributed by atoms with E-state index in [4.69, 9.17) is 9.15 Å². The van der Waals surface area contributed by atoms with Crippen LogP contribution in [0.2, 0.25) is 0 Å². The molecular formula is C15H27IN4O3. The van der Waals surface area contributed by atoms with E-state index >= 15 is 0 Å². The van der Waals surface area contributed by atoms with Crippen molar-refractivity contribution < 1.29 is 13.9 Å². The van der Waals surface area contributed by atoms with E-state index in [0.29, 0.717) is 19.1 Å². The van der Waals surface area contributed by atoms with E-state index in [1.54, 1.807) is 27.5 Å². The number of nitrogens with one attached hydrogen (secondary N) is 2. The van der Waals surface area contributed by atoms with Crippen LogP contribution in [0.4, 0.5) is 0 Å². The summed E-state index contributed by atoms with van der Waals surface area (Å²) in [6, 6.07) is 3.79. The van der Waals surface area contributed by atoms with Crippen LogP contribution in [-0.2, 0) is 16.0 Å². The van der Waals surface area contributed by atoms with Crippen LogP contribution in [0.25, 0.3) is 0 Å². The number of furan rings is 1. The van der Waals surface area contributed by atoms with Gasteiger partial charge in [0.05, 0.1) is 6.26 Å². The second-order valence-corrected chi connectivity index (χ2v) is 4.98. The summed E-state index contributed by atoms with van der Waals surface area (Å²) in [5.41, 5.74) is 0. The molecule has 0 aliphatic heterocycles. The van der Waals surface area contributed by atoms with Crippen LogP contribution >= 0.6 is 24.0 Å². The molecule has 0 aliphatic rings. The van der Waals surface area contributed by atoms with Gasteiger partial charge in [-0.05, 0) is 18.6 Å². The van der Waals surface area contributed by atoms with Crippen molar-refractivity contribution in [3.05, 3.63) is 24.2 Å². The van der Waals surface area contributed by atoms with Crippen molar-refractivity contribution in [1.82, 2.24) is 15.5 Å². The highest BCUT2D eigenvalue weighted by atomic mass is 127. The molecule has 0 fully saturated rings. The number of amides is 1. The zero-order valence-corrected chi connectivity index (χ0v) is 16.3. The second-order valence-electron chi connectivity index (χ2n) is 4.98. The fourth-order valence-electron chi connectivity index (χ4n) is 1.64. The predicted molar refractivity (Wildman–Crippen MR) is 101 cm³/mol. The molecular weight excluding hydrogens is 411 g/mol. The Labute approximate surface area is 154 Å². The highest BCUT2D eigenvalue weighted by Crippen LogP contribution is 1.99. The fraction of sp³-hybridized carbons (Fsp3) is 0.600. The Bertz CT molecular complexity index is 450. The van der Waals surface area contributed by atoms with Gasteiger partial charge < -0.3 is 24.7 Å². The topological polar surface area (TPSA) is 79.1 Å². The number of hydrogen-bond acceptors (Lipinski definition) is 4. The van der Waals surface area contributed by atoms with Crippen molar-refractivity contribution in [2.45, 2.75) is 12.8 Å². The van der Waals surface area contributed by atoms with E-state index in [-0.39, 0.29) is 36.4 Å². The van der Waals surface area contributed by atoms with Gasteiger partial charge in [0, 0.05) is 47.3 Å². The van der Waals surface area contributed by atoms with Crippen LogP contribution in [0.15, 0.2) is 27.8 Å². The molecule has 0 radical (unpaired) electrons. The van der Waals surface area contributed by atoms with Gasteiger partial charge in [0.1, 0.15) is 12.3 Å². The van der Waals surface area contributed by atoms with Crippen molar-refractivity contribution in [3.63, 3.8) is 0 Å². The van der Waals surface area contributed by atoms with Gasteiger partial charge in [-0.1, -0.05) is 0 Å². The van der Waals surface area contributed by atoms with Gasteiger partial charge in [-0.15, -0.1) is 24.0 Å². The predicted octanol–water partition coefficient (Wildman–Crippen LogP) is 1.10. The number of aliphatic imine (C=N–C) groups is 1. The quantitative estimate of drug-likeness (QED) is 0.261. The first-order valence-electron chi connectivity index (χ1n) is 7.37. The number of likely N-dealkylation sites (N-methyl/N-ethyl adjacent to an activating group) is 1. The minimum Gasteiger partial charge on any atom is -0.469 e. The second kappa shape index (κ2) is 13.2. The van der Waals surface area contributed by atoms with E-state index in [1.807, 2.05) is 12.1 Å². The van der Waals surface area contributed by atoms with Crippen molar-refractivity contribution in [2.75, 3.05) is 47.4 Å². The molecule has 23 heavy (non-hydrogen) atoms. The summed E-state index contributed by atoms with van der Waals surface area (Å²) >= 11 is 0. The average molecular weight is 438 g/mol. The molecule has 1 aromatic heterocycles. The van der Waals surface area contributed by atoms with Gasteiger partial charge in [-0.3, -0.25) is 4.79 Å². The lowest BCUT2D eigenvalue weighted by atomic mass is 10.3. The summed E-state index contributed by atoms with van der Waals surface area (Å²) in [7, 11) is 5.11. The third kappa shape index (κ3) is 10.2. The summed E-state index contributed by atoms with van der Waals surface area (Å²) in [6.45, 7) is 2.22. The van der Waals surface area contributed by atoms with Crippen LogP contribution in [0, 0.1) is 0 Å². The maximum Gasteiger partial charge on any atom is 0.243 e. The summed E-state index contributed by atoms with van der Waals surface area (Å²) < 4.78 is 10.3. The summed E-state index contributed by atoms with van der Waals surface area (Å²) in [4.78, 5) is 17.4. The van der Waals surface area contributed by atoms with Crippen molar-refractivity contribution >= 4 is 35.8 Å². The average Bonchev–Trinajstić information content (AvgIpc) is 3.01. The summed E-state index contributed by atoms with van der Waals surface area (Å²) in [5, 5.41) is 6.38. The molecule has 1 heterocycles. The lowest BCUT2D eigenvalue weighted by Crippen LogP contribution is -2.40. The lowest BCUT2D eigenvalue weighted by Gasteiger charge is -2.13. The Kier molecular flexibility index (Phi) is 12.4. The molecule has 0 aromatic carbocycles. The molecule has 2 N–H and O–H groups in total. The maximum atomic E-state index is 11.6. The molecule has 8 heteroatoms. The SMILES string of the molecule is COCCCNC(=NCC(=O)N(C)C)NCCc1ccco1.I. The number of carbonyl (C=O) groups excluding carboxylic acids is 1. The van der Waals surface area contributed by atoms with Gasteiger partial charge in [-0.25, -0.2) is 4.99 Å². The molecule has 132 valence electrons. The van der Waals surface area contributed by atoms with Gasteiger partial charge >= 0.3 is 0 Å². The Morgan fingerprint density at radius 2 is 2.09 bits per heavy atom. The minimum atomic E-state index is -0.0379. The first-order valence-corrected chi connectivity index (χ1v) is 7.37. The molecule has 0 atom stereocenters. The normalized spacial score (nSPS) is 10.8. The van der Waals surface area contributed by atoms with E-state index in [0.717, 1.165) is 25.1 Å². The zero-order chi connectivity index (χ0) is 16.2. The summed E-state index contributed by atoms with van der Waals surface area (Å²) in [6.07, 6.45) is 3.29. The molecule has 0 unspecified atom stereocenters. The molecule has 1 rings (SSSR count). The molecule has 1 aromatic rings. The Morgan fingerprint density at radius 1 is 1.35 bits per heavy atom. The van der Waals surface area contributed by atoms with Gasteiger partial charge in [0.15, 0.2) is 5.96 Å². The van der Waals surface area contributed by atoms with Crippen molar-refractivity contribution in [2.24, 2.45) is 4.99 Å². The highest BCUT2D eigenvalue weighted by molar-refractivity contribution is 14.0. The van der Waals surface area contributed by atoms with E-state index in [9.17, 15) is 4.79 Å². The minimum absolute atomic E-state index is 0. The van der Waals surface area contributed by atoms with E-state index in [2.05, 4.69) is 15.6 Å². The van der Waals surface area contributed by atoms with E-state index in [1.165, 1.54) is 4.90 Å². The third-order valence-electron chi connectivity index (χ3n) is 2.93. The fourth-order valence-corrected chi connectivity index (χ4v) is 1.64. The zero-order valence-electron chi connectivity index (χ0n) is 14.0. The Balaban J connectivity index is 0.00000484. The van der Waals surface area contributed by atoms with Crippen LogP contribution in [0.5, 0.6) is 0 Å². The first-order chi connectivity index (χ1) is 10.6. The molecule has 0 bridgehead atoms. The molecule has 0 saturated heterocycles. The number of carbonyl (C=O) groups is 1. The smallest absolute Gasteiger partial charge is 0.243 e. The van der Waals surface area contributed by atoms with Crippen LogP contribution in [0.3, 0.4) is 0 Å². The number of ether oxygens (including phenoxy) is 1. The number of nitrogens with zero attached hydrogens (tertiary/aromatic N) is 2. The van der Waals surface area contributed by atoms with Crippen molar-refractivity contribution in [1.29, 1.82) is 0 Å². The van der Waals surface area contributed by atoms with Gasteiger partial charge in [0.25, 0.3) is 0 Å². The monoisotopic (exact) mass is 438 g/mol. The number of methoxy groups -OCH3 is 1. The maximum absolute atomic E-state index is 11.6. The van der Waals surface area contributed by atoms with Crippen LogP contribution in [0.1, 0.15) is 12.2 Å². The Hall–Kier alpha value is -1.29. The molecule has 1 amide bonds. The molecule has 0 spiro atoms. The van der Waals surface area contributed by atoms with Gasteiger partial charge in [-0.2, -0.15) is 0 Å². The van der Waals surface area contributed by atoms with Crippen LogP contribution < -0.4 is 10.6 Å². The molecule has 0 saturated carbocycles. The molecule has 0 aliphatic carbocycles. The van der Waals surface area contributed by atoms with Crippen molar-refractivity contribution in [3.8, 4) is 0 Å².